The van der Waals surface area contributed by atoms with E-state index in [9.17, 15) is 0 Å². The van der Waals surface area contributed by atoms with Crippen molar-refractivity contribution < 1.29 is 0 Å². The molecule has 0 aliphatic heterocycles. The molecule has 8 aromatic carbocycles. The molecular formula is C55H31B5N6. The maximum Gasteiger partial charge on any atom is 0.166 e. The molecule has 0 fully saturated rings. The Morgan fingerprint density at radius 1 is 0.303 bits per heavy atom. The molecule has 11 rings (SSSR count). The Balaban J connectivity index is 1.24. The second-order valence-corrected chi connectivity index (χ2v) is 16.0. The van der Waals surface area contributed by atoms with Crippen molar-refractivity contribution in [2.45, 2.75) is 0 Å². The van der Waals surface area contributed by atoms with Gasteiger partial charge in [-0.1, -0.05) is 163 Å². The SMILES string of the molecule is [B]c1c([B])c([B])c(-c2nc(-c3ccccc3)nc(-c3cc(-c4nc(-c5ccccc5)cc(-c5ccccc5)n4)ccc3-n3c4ccccc4c4ccc(-c5ccccc5)cc43)n2)c([B])c1[B]. The topological polar surface area (TPSA) is 69.4 Å². The molecule has 0 amide bonds. The standard InChI is InChI=1S/C55H31B5N6/c56-47-46(48(57)50(59)51(60)49(47)58)55-64-52(35-21-11-4-12-22-35)63-54(65-55)40-29-37(53-61-41(33-17-7-2-8-18-33)31-42(62-53)34-19-9-3-10-20-34)26-28-44(40)66-43-24-14-13-23-38(43)39-27-25-36(30-45(39)66)32-15-5-1-6-16-32/h1-31H. The van der Waals surface area contributed by atoms with Crippen molar-refractivity contribution >= 4 is 88.4 Å². The van der Waals surface area contributed by atoms with Gasteiger partial charge >= 0.3 is 0 Å². The van der Waals surface area contributed by atoms with Crippen LogP contribution in [0.2, 0.25) is 0 Å². The van der Waals surface area contributed by atoms with E-state index in [-0.39, 0.29) is 38.7 Å². The summed E-state index contributed by atoms with van der Waals surface area (Å²) in [4.78, 5) is 25.8. The van der Waals surface area contributed by atoms with Crippen molar-refractivity contribution in [3.8, 4) is 84.9 Å². The predicted molar refractivity (Wildman–Crippen MR) is 275 cm³/mol. The normalized spacial score (nSPS) is 11.3. The lowest BCUT2D eigenvalue weighted by Gasteiger charge is -2.21. The molecule has 0 bridgehead atoms. The van der Waals surface area contributed by atoms with Gasteiger partial charge in [0.1, 0.15) is 39.2 Å². The van der Waals surface area contributed by atoms with Crippen molar-refractivity contribution in [1.82, 2.24) is 29.5 Å². The Labute approximate surface area is 389 Å². The molecule has 3 heterocycles. The highest BCUT2D eigenvalue weighted by Crippen LogP contribution is 2.40. The minimum Gasteiger partial charge on any atom is -0.308 e. The van der Waals surface area contributed by atoms with Crippen LogP contribution in [-0.4, -0.2) is 68.7 Å². The average Bonchev–Trinajstić information content (AvgIpc) is 3.71. The Morgan fingerprint density at radius 3 is 1.39 bits per heavy atom. The van der Waals surface area contributed by atoms with Crippen LogP contribution < -0.4 is 27.3 Å². The Kier molecular flexibility index (Phi) is 10.4. The van der Waals surface area contributed by atoms with Crippen molar-refractivity contribution in [1.29, 1.82) is 0 Å². The monoisotopic (exact) mass is 830 g/mol. The molecule has 11 heteroatoms. The number of rotatable bonds is 8. The van der Waals surface area contributed by atoms with Crippen molar-refractivity contribution in [3.63, 3.8) is 0 Å². The number of fused-ring (bicyclic) bond motifs is 3. The molecule has 3 aromatic heterocycles. The Bertz CT molecular complexity index is 3560. The first-order chi connectivity index (χ1) is 32.3. The van der Waals surface area contributed by atoms with Crippen LogP contribution in [0.4, 0.5) is 0 Å². The van der Waals surface area contributed by atoms with E-state index in [4.69, 9.17) is 64.2 Å². The third-order valence-corrected chi connectivity index (χ3v) is 12.0. The number of aromatic nitrogens is 6. The lowest BCUT2D eigenvalue weighted by molar-refractivity contribution is 1.07. The van der Waals surface area contributed by atoms with Gasteiger partial charge < -0.3 is 4.57 Å². The highest BCUT2D eigenvalue weighted by molar-refractivity contribution is 6.68. The van der Waals surface area contributed by atoms with Gasteiger partial charge in [-0.15, -0.1) is 16.4 Å². The summed E-state index contributed by atoms with van der Waals surface area (Å²) >= 11 is 0. The van der Waals surface area contributed by atoms with E-state index in [0.717, 1.165) is 72.3 Å². The quantitative estimate of drug-likeness (QED) is 0.150. The third kappa shape index (κ3) is 7.23. The number of hydrogen-bond acceptors (Lipinski definition) is 5. The minimum absolute atomic E-state index is 0.0896. The summed E-state index contributed by atoms with van der Waals surface area (Å²) < 4.78 is 2.26. The summed E-state index contributed by atoms with van der Waals surface area (Å²) in [5.74, 6) is 1.39. The van der Waals surface area contributed by atoms with Crippen molar-refractivity contribution in [3.05, 3.63) is 188 Å². The van der Waals surface area contributed by atoms with Gasteiger partial charge in [-0.2, -0.15) is 0 Å². The average molecular weight is 830 g/mol. The zero-order chi connectivity index (χ0) is 44.9. The number of benzene rings is 8. The largest absolute Gasteiger partial charge is 0.308 e. The summed E-state index contributed by atoms with van der Waals surface area (Å²) in [6.07, 6.45) is 0. The molecule has 0 saturated carbocycles. The van der Waals surface area contributed by atoms with E-state index in [1.807, 2.05) is 115 Å². The molecule has 0 atom stereocenters. The highest BCUT2D eigenvalue weighted by Gasteiger charge is 2.23. The molecule has 6 nitrogen and oxygen atoms in total. The number of nitrogens with zero attached hydrogens (tertiary/aromatic N) is 6. The fourth-order valence-electron chi connectivity index (χ4n) is 8.59. The van der Waals surface area contributed by atoms with Gasteiger partial charge in [0.15, 0.2) is 23.3 Å². The van der Waals surface area contributed by atoms with Crippen molar-refractivity contribution in [2.75, 3.05) is 0 Å². The lowest BCUT2D eigenvalue weighted by atomic mass is 9.60. The van der Waals surface area contributed by atoms with E-state index in [1.54, 1.807) is 0 Å². The molecular weight excluding hydrogens is 799 g/mol. The first-order valence-electron chi connectivity index (χ1n) is 21.4. The second-order valence-electron chi connectivity index (χ2n) is 16.0. The third-order valence-electron chi connectivity index (χ3n) is 12.0. The summed E-state index contributed by atoms with van der Waals surface area (Å²) in [5, 5.41) is 2.17. The summed E-state index contributed by atoms with van der Waals surface area (Å²) in [6, 6.07) is 63.4. The summed E-state index contributed by atoms with van der Waals surface area (Å²) in [7, 11) is 32.6. The van der Waals surface area contributed by atoms with E-state index in [0.29, 0.717) is 23.0 Å². The fraction of sp³-hybridized carbons (Fsp3) is 0. The number of hydrogen-bond donors (Lipinski definition) is 0. The van der Waals surface area contributed by atoms with Crippen LogP contribution in [0, 0.1) is 0 Å². The smallest absolute Gasteiger partial charge is 0.166 e. The van der Waals surface area contributed by atoms with Gasteiger partial charge in [0.2, 0.25) is 0 Å². The summed E-state index contributed by atoms with van der Waals surface area (Å²) in [6.45, 7) is 0. The van der Waals surface area contributed by atoms with E-state index in [2.05, 4.69) is 77.4 Å². The molecule has 0 spiro atoms. The molecule has 0 aliphatic rings. The number of para-hydroxylation sites is 1. The van der Waals surface area contributed by atoms with Crippen LogP contribution in [0.15, 0.2) is 188 Å². The Hall–Kier alpha value is -8.03. The molecule has 0 N–H and O–H groups in total. The van der Waals surface area contributed by atoms with E-state index in [1.165, 1.54) is 0 Å². The van der Waals surface area contributed by atoms with Crippen LogP contribution >= 0.6 is 0 Å². The second kappa shape index (κ2) is 16.8. The zero-order valence-corrected chi connectivity index (χ0v) is 35.5. The summed E-state index contributed by atoms with van der Waals surface area (Å²) in [5.41, 5.74) is 11.3. The lowest BCUT2D eigenvalue weighted by Crippen LogP contribution is -2.55. The van der Waals surface area contributed by atoms with Crippen LogP contribution in [0.25, 0.3) is 107 Å². The van der Waals surface area contributed by atoms with Crippen LogP contribution in [0.5, 0.6) is 0 Å². The zero-order valence-electron chi connectivity index (χ0n) is 35.5. The van der Waals surface area contributed by atoms with Crippen LogP contribution in [0.1, 0.15) is 0 Å². The highest BCUT2D eigenvalue weighted by atomic mass is 15.1. The van der Waals surface area contributed by atoms with E-state index < -0.39 is 0 Å². The molecule has 0 saturated heterocycles. The van der Waals surface area contributed by atoms with Crippen molar-refractivity contribution in [2.24, 2.45) is 0 Å². The first-order valence-corrected chi connectivity index (χ1v) is 21.4. The molecule has 10 radical (unpaired) electrons. The van der Waals surface area contributed by atoms with Gasteiger partial charge in [-0.05, 0) is 47.5 Å². The van der Waals surface area contributed by atoms with Gasteiger partial charge in [0, 0.05) is 44.2 Å². The van der Waals surface area contributed by atoms with Gasteiger partial charge in [-0.25, -0.2) is 24.9 Å². The molecule has 0 aliphatic carbocycles. The molecule has 66 heavy (non-hydrogen) atoms. The molecule has 296 valence electrons. The maximum absolute atomic E-state index is 6.72. The first kappa shape index (κ1) is 40.7. The maximum atomic E-state index is 6.72. The van der Waals surface area contributed by atoms with Crippen LogP contribution in [-0.2, 0) is 0 Å². The van der Waals surface area contributed by atoms with E-state index >= 15 is 0 Å². The Morgan fingerprint density at radius 2 is 0.773 bits per heavy atom. The fourth-order valence-corrected chi connectivity index (χ4v) is 8.59. The molecule has 0 unspecified atom stereocenters. The van der Waals surface area contributed by atoms with Gasteiger partial charge in [-0.3, -0.25) is 0 Å². The minimum atomic E-state index is 0.0896. The van der Waals surface area contributed by atoms with Gasteiger partial charge in [0.25, 0.3) is 0 Å². The predicted octanol–water partition coefficient (Wildman–Crippen LogP) is 7.40. The van der Waals surface area contributed by atoms with Crippen LogP contribution in [0.3, 0.4) is 0 Å². The molecule has 11 aromatic rings. The van der Waals surface area contributed by atoms with Gasteiger partial charge in [0.05, 0.1) is 28.1 Å².